The Morgan fingerprint density at radius 3 is 2.35 bits per heavy atom. The van der Waals surface area contributed by atoms with Crippen LogP contribution in [-0.4, -0.2) is 0 Å². The average Bonchev–Trinajstić information content (AvgIpc) is 2.25. The van der Waals surface area contributed by atoms with Gasteiger partial charge >= 0.3 is 6.18 Å². The fourth-order valence-electron chi connectivity index (χ4n) is 1.60. The minimum Gasteiger partial charge on any atom is -0.246 e. The highest BCUT2D eigenvalue weighted by Gasteiger charge is 2.36. The monoisotopic (exact) mass is 248 g/mol. The van der Waals surface area contributed by atoms with E-state index in [0.717, 1.165) is 0 Å². The molecule has 0 aliphatic carbocycles. The van der Waals surface area contributed by atoms with Gasteiger partial charge in [0.15, 0.2) is 0 Å². The topological polar surface area (TPSA) is 0 Å². The van der Waals surface area contributed by atoms with Crippen LogP contribution in [0.25, 0.3) is 0 Å². The van der Waals surface area contributed by atoms with Gasteiger partial charge in [0.2, 0.25) is 0 Å². The molecule has 0 heterocycles. The number of rotatable bonds is 2. The van der Waals surface area contributed by atoms with E-state index in [0.29, 0.717) is 12.1 Å². The third-order valence-electron chi connectivity index (χ3n) is 2.42. The first-order valence-corrected chi connectivity index (χ1v) is 4.73. The van der Waals surface area contributed by atoms with Crippen molar-refractivity contribution in [3.63, 3.8) is 0 Å². The smallest absolute Gasteiger partial charge is 0.246 e. The predicted octanol–water partition coefficient (Wildman–Crippen LogP) is 4.05. The lowest BCUT2D eigenvalue weighted by atomic mass is 9.91. The van der Waals surface area contributed by atoms with E-state index >= 15 is 0 Å². The quantitative estimate of drug-likeness (QED) is 0.547. The van der Waals surface area contributed by atoms with Gasteiger partial charge in [-0.3, -0.25) is 0 Å². The third-order valence-corrected chi connectivity index (χ3v) is 2.42. The van der Waals surface area contributed by atoms with Gasteiger partial charge in [-0.1, -0.05) is 5.92 Å². The molecule has 0 bridgehead atoms. The molecule has 0 amide bonds. The minimum absolute atomic E-state index is 0.498. The average molecular weight is 248 g/mol. The fourth-order valence-corrected chi connectivity index (χ4v) is 1.60. The van der Waals surface area contributed by atoms with Gasteiger partial charge in [0.1, 0.15) is 12.5 Å². The lowest BCUT2D eigenvalue weighted by molar-refractivity contribution is -0.138. The Kier molecular flexibility index (Phi) is 3.76. The van der Waals surface area contributed by atoms with Gasteiger partial charge in [0.25, 0.3) is 0 Å². The van der Waals surface area contributed by atoms with Gasteiger partial charge < -0.3 is 0 Å². The summed E-state index contributed by atoms with van der Waals surface area (Å²) in [6, 6.07) is 1.18. The van der Waals surface area contributed by atoms with Crippen LogP contribution < -0.4 is 0 Å². The van der Waals surface area contributed by atoms with Crippen molar-refractivity contribution < 1.29 is 22.0 Å². The lowest BCUT2D eigenvalue weighted by Crippen LogP contribution is -2.14. The van der Waals surface area contributed by atoms with Gasteiger partial charge in [0, 0.05) is 11.5 Å². The molecule has 0 aromatic heterocycles. The molecule has 92 valence electrons. The van der Waals surface area contributed by atoms with Crippen LogP contribution in [0, 0.1) is 18.2 Å². The maximum absolute atomic E-state index is 13.2. The number of halogens is 5. The van der Waals surface area contributed by atoms with Crippen LogP contribution in [0.2, 0.25) is 0 Å². The lowest BCUT2D eigenvalue weighted by Gasteiger charge is -2.18. The third kappa shape index (κ3) is 2.57. The second-order valence-corrected chi connectivity index (χ2v) is 3.51. The molecule has 0 aliphatic rings. The molecule has 1 aromatic carbocycles. The largest absolute Gasteiger partial charge is 0.416 e. The Bertz CT molecular complexity index is 453. The molecule has 1 unspecified atom stereocenters. The molecule has 0 radical (unpaired) electrons. The predicted molar refractivity (Wildman–Crippen MR) is 53.5 cm³/mol. The Labute approximate surface area is 95.4 Å². The molecule has 0 saturated heterocycles. The molecule has 0 aliphatic heterocycles. The molecule has 1 rings (SSSR count). The van der Waals surface area contributed by atoms with Crippen molar-refractivity contribution in [1.29, 1.82) is 0 Å². The second kappa shape index (κ2) is 4.74. The van der Waals surface area contributed by atoms with Gasteiger partial charge in [-0.25, -0.2) is 8.78 Å². The summed E-state index contributed by atoms with van der Waals surface area (Å²) in [6.07, 6.45) is 0.345. The highest BCUT2D eigenvalue weighted by molar-refractivity contribution is 5.43. The summed E-state index contributed by atoms with van der Waals surface area (Å²) < 4.78 is 63.9. The highest BCUT2D eigenvalue weighted by atomic mass is 19.4. The van der Waals surface area contributed by atoms with Crippen LogP contribution in [0.5, 0.6) is 0 Å². The Morgan fingerprint density at radius 2 is 1.94 bits per heavy atom. The summed E-state index contributed by atoms with van der Waals surface area (Å²) in [5, 5.41) is 0. The zero-order valence-electron chi connectivity index (χ0n) is 8.91. The highest BCUT2D eigenvalue weighted by Crippen LogP contribution is 2.37. The molecule has 0 fully saturated rings. The van der Waals surface area contributed by atoms with E-state index in [2.05, 4.69) is 5.92 Å². The number of hydrogen-bond donors (Lipinski definition) is 0. The van der Waals surface area contributed by atoms with Crippen LogP contribution in [0.1, 0.15) is 29.5 Å². The van der Waals surface area contributed by atoms with Gasteiger partial charge in [-0.2, -0.15) is 13.2 Å². The molecular weight excluding hydrogens is 239 g/mol. The van der Waals surface area contributed by atoms with E-state index in [1.165, 1.54) is 6.92 Å². The van der Waals surface area contributed by atoms with Crippen molar-refractivity contribution in [2.75, 3.05) is 0 Å². The van der Waals surface area contributed by atoms with E-state index in [9.17, 15) is 22.0 Å². The molecule has 1 atom stereocenters. The van der Waals surface area contributed by atoms with Crippen molar-refractivity contribution in [3.8, 4) is 12.3 Å². The maximum atomic E-state index is 13.2. The van der Waals surface area contributed by atoms with E-state index in [-0.39, 0.29) is 0 Å². The van der Waals surface area contributed by atoms with Crippen LogP contribution in [0.4, 0.5) is 22.0 Å². The number of hydrogen-bond acceptors (Lipinski definition) is 0. The van der Waals surface area contributed by atoms with Crippen molar-refractivity contribution in [3.05, 3.63) is 34.6 Å². The summed E-state index contributed by atoms with van der Waals surface area (Å²) in [6.45, 7) is -0.0275. The van der Waals surface area contributed by atoms with E-state index in [1.54, 1.807) is 0 Å². The first-order valence-electron chi connectivity index (χ1n) is 4.73. The summed E-state index contributed by atoms with van der Waals surface area (Å²) in [7, 11) is 0. The minimum atomic E-state index is -4.68. The molecule has 5 heteroatoms. The summed E-state index contributed by atoms with van der Waals surface area (Å²) in [4.78, 5) is 0. The Balaban J connectivity index is 3.58. The van der Waals surface area contributed by atoms with Gasteiger partial charge in [-0.15, -0.1) is 6.42 Å². The van der Waals surface area contributed by atoms with Crippen LogP contribution >= 0.6 is 0 Å². The fraction of sp³-hybridized carbons (Fsp3) is 0.333. The van der Waals surface area contributed by atoms with Crippen molar-refractivity contribution >= 4 is 0 Å². The molecule has 0 spiro atoms. The van der Waals surface area contributed by atoms with Crippen LogP contribution in [0.15, 0.2) is 12.1 Å². The molecule has 0 saturated carbocycles. The maximum Gasteiger partial charge on any atom is 0.416 e. The van der Waals surface area contributed by atoms with Crippen LogP contribution in [0.3, 0.4) is 0 Å². The zero-order chi connectivity index (χ0) is 13.2. The standard InChI is InChI=1S/C12H9F5/c1-3-7(2)11-8(6-13)10(14)5-4-9(11)12(15,16)17/h1,4-5,7H,6H2,2H3. The summed E-state index contributed by atoms with van der Waals surface area (Å²) >= 11 is 0. The van der Waals surface area contributed by atoms with E-state index in [4.69, 9.17) is 6.42 Å². The normalized spacial score (nSPS) is 13.2. The molecule has 17 heavy (non-hydrogen) atoms. The summed E-state index contributed by atoms with van der Waals surface area (Å²) in [5.41, 5.74) is -2.20. The van der Waals surface area contributed by atoms with Gasteiger partial charge in [-0.05, 0) is 24.6 Å². The summed E-state index contributed by atoms with van der Waals surface area (Å²) in [5.74, 6) is 0.0398. The molecule has 1 aromatic rings. The zero-order valence-corrected chi connectivity index (χ0v) is 8.91. The number of terminal acetylenes is 1. The SMILES string of the molecule is C#CC(C)c1c(C(F)(F)F)ccc(F)c1CF. The molecular formula is C12H9F5. The Hall–Kier alpha value is -1.57. The number of alkyl halides is 4. The van der Waals surface area contributed by atoms with Crippen LogP contribution in [-0.2, 0) is 12.9 Å². The number of benzene rings is 1. The van der Waals surface area contributed by atoms with Crippen molar-refractivity contribution in [2.24, 2.45) is 0 Å². The Morgan fingerprint density at radius 1 is 1.35 bits per heavy atom. The first kappa shape index (κ1) is 13.5. The second-order valence-electron chi connectivity index (χ2n) is 3.51. The molecule has 0 nitrogen and oxygen atoms in total. The molecule has 0 N–H and O–H groups in total. The van der Waals surface area contributed by atoms with E-state index < -0.39 is 41.3 Å². The van der Waals surface area contributed by atoms with Crippen molar-refractivity contribution in [2.45, 2.75) is 25.7 Å². The van der Waals surface area contributed by atoms with Gasteiger partial charge in [0.05, 0.1) is 5.56 Å². The first-order chi connectivity index (χ1) is 7.82. The van der Waals surface area contributed by atoms with E-state index in [1.807, 2.05) is 0 Å². The van der Waals surface area contributed by atoms with Crippen molar-refractivity contribution in [1.82, 2.24) is 0 Å².